The van der Waals surface area contributed by atoms with Gasteiger partial charge in [0.2, 0.25) is 0 Å². The van der Waals surface area contributed by atoms with E-state index >= 15 is 0 Å². The van der Waals surface area contributed by atoms with Crippen LogP contribution in [0.3, 0.4) is 0 Å². The van der Waals surface area contributed by atoms with Crippen LogP contribution < -0.4 is 0 Å². The lowest BCUT2D eigenvalue weighted by atomic mass is 10.2. The lowest BCUT2D eigenvalue weighted by molar-refractivity contribution is 0.551. The van der Waals surface area contributed by atoms with Gasteiger partial charge in [0.15, 0.2) is 0 Å². The van der Waals surface area contributed by atoms with Gasteiger partial charge in [-0.3, -0.25) is 4.99 Å². The average Bonchev–Trinajstić information content (AvgIpc) is 2.50. The summed E-state index contributed by atoms with van der Waals surface area (Å²) in [4.78, 5) is 10.7. The van der Waals surface area contributed by atoms with Crippen molar-refractivity contribution in [3.05, 3.63) is 64.8 Å². The second kappa shape index (κ2) is 7.09. The summed E-state index contributed by atoms with van der Waals surface area (Å²) >= 11 is 1.59. The number of nitrogens with zero attached hydrogens (tertiary/aromatic N) is 3. The monoisotopic (exact) mass is 297 g/mol. The highest BCUT2D eigenvalue weighted by Gasteiger charge is 2.12. The number of hydrogen-bond donors (Lipinski definition) is 0. The Morgan fingerprint density at radius 3 is 2.38 bits per heavy atom. The minimum atomic E-state index is 0.868. The van der Waals surface area contributed by atoms with Crippen LogP contribution in [0.5, 0.6) is 0 Å². The summed E-state index contributed by atoms with van der Waals surface area (Å²) in [5.41, 5.74) is 3.07. The number of aryl methyl sites for hydroxylation is 1. The van der Waals surface area contributed by atoms with Gasteiger partial charge >= 0.3 is 0 Å². The zero-order valence-electron chi connectivity index (χ0n) is 12.6. The molecule has 0 saturated carbocycles. The van der Waals surface area contributed by atoms with E-state index < -0.39 is 0 Å². The summed E-state index contributed by atoms with van der Waals surface area (Å²) in [5, 5.41) is 1.97. The summed E-state index contributed by atoms with van der Waals surface area (Å²) in [5.74, 6) is 0. The molecule has 2 rings (SSSR count). The summed E-state index contributed by atoms with van der Waals surface area (Å²) in [7, 11) is 4.01. The second-order valence-corrected chi connectivity index (χ2v) is 5.86. The van der Waals surface area contributed by atoms with Gasteiger partial charge < -0.3 is 4.90 Å². The third-order valence-electron chi connectivity index (χ3n) is 2.90. The van der Waals surface area contributed by atoms with Crippen LogP contribution in [0.4, 0.5) is 0 Å². The van der Waals surface area contributed by atoms with Crippen LogP contribution in [0.1, 0.15) is 11.1 Å². The number of rotatable bonds is 5. The number of aliphatic imine (C=N–C) groups is 1. The van der Waals surface area contributed by atoms with Crippen molar-refractivity contribution in [2.24, 2.45) is 4.99 Å². The Balaban J connectivity index is 2.42. The first kappa shape index (κ1) is 15.3. The summed E-state index contributed by atoms with van der Waals surface area (Å²) in [6, 6.07) is 14.2. The molecule has 2 aromatic rings. The Labute approximate surface area is 130 Å². The predicted molar refractivity (Wildman–Crippen MR) is 91.4 cm³/mol. The highest BCUT2D eigenvalue weighted by molar-refractivity contribution is 8.03. The van der Waals surface area contributed by atoms with Crippen molar-refractivity contribution in [1.82, 2.24) is 9.88 Å². The molecule has 1 heterocycles. The zero-order chi connectivity index (χ0) is 15.2. The molecule has 0 aliphatic heterocycles. The normalized spacial score (nSPS) is 11.8. The van der Waals surface area contributed by atoms with Gasteiger partial charge in [-0.2, -0.15) is 0 Å². The van der Waals surface area contributed by atoms with Crippen molar-refractivity contribution in [2.75, 3.05) is 14.1 Å². The molecule has 0 amide bonds. The van der Waals surface area contributed by atoms with E-state index in [-0.39, 0.29) is 0 Å². The van der Waals surface area contributed by atoms with E-state index in [1.807, 2.05) is 68.5 Å². The van der Waals surface area contributed by atoms with Crippen LogP contribution in [-0.2, 0) is 0 Å². The molecule has 0 aliphatic rings. The smallest absolute Gasteiger partial charge is 0.103 e. The van der Waals surface area contributed by atoms with Gasteiger partial charge in [-0.25, -0.2) is 4.98 Å². The fourth-order valence-corrected chi connectivity index (χ4v) is 2.74. The lowest BCUT2D eigenvalue weighted by Crippen LogP contribution is -2.10. The maximum Gasteiger partial charge on any atom is 0.103 e. The third kappa shape index (κ3) is 3.95. The van der Waals surface area contributed by atoms with Gasteiger partial charge in [-0.15, -0.1) is 0 Å². The first-order valence-corrected chi connectivity index (χ1v) is 7.47. The molecule has 0 aliphatic carbocycles. The minimum absolute atomic E-state index is 0.868. The molecule has 0 atom stereocenters. The second-order valence-electron chi connectivity index (χ2n) is 4.85. The van der Waals surface area contributed by atoms with Crippen LogP contribution in [0.25, 0.3) is 5.70 Å². The van der Waals surface area contributed by atoms with Crippen molar-refractivity contribution in [3.63, 3.8) is 0 Å². The van der Waals surface area contributed by atoms with Gasteiger partial charge in [0.05, 0.1) is 5.70 Å². The molecule has 0 unspecified atom stereocenters. The van der Waals surface area contributed by atoms with E-state index in [0.717, 1.165) is 26.9 Å². The SMILES string of the molecule is C=N/C(=C(/Sc1ccc(C)cn1)N(C)C)c1ccccc1. The number of benzene rings is 1. The first-order chi connectivity index (χ1) is 10.1. The Kier molecular flexibility index (Phi) is 5.17. The maximum atomic E-state index is 4.45. The zero-order valence-corrected chi connectivity index (χ0v) is 13.4. The molecule has 0 fully saturated rings. The van der Waals surface area contributed by atoms with Crippen LogP contribution in [0, 0.1) is 6.92 Å². The van der Waals surface area contributed by atoms with Crippen molar-refractivity contribution in [2.45, 2.75) is 11.9 Å². The number of aromatic nitrogens is 1. The number of thioether (sulfide) groups is 1. The largest absolute Gasteiger partial charge is 0.370 e. The molecule has 1 aromatic heterocycles. The quantitative estimate of drug-likeness (QED) is 0.615. The van der Waals surface area contributed by atoms with Gasteiger partial charge in [-0.05, 0) is 25.3 Å². The topological polar surface area (TPSA) is 28.5 Å². The Bertz CT molecular complexity index is 631. The van der Waals surface area contributed by atoms with E-state index in [0.29, 0.717) is 0 Å². The highest BCUT2D eigenvalue weighted by atomic mass is 32.2. The molecule has 108 valence electrons. The van der Waals surface area contributed by atoms with E-state index in [1.165, 1.54) is 0 Å². The Hall–Kier alpha value is -2.07. The van der Waals surface area contributed by atoms with Crippen LogP contribution in [0.2, 0.25) is 0 Å². The predicted octanol–water partition coefficient (Wildman–Crippen LogP) is 4.07. The minimum Gasteiger partial charge on any atom is -0.370 e. The fourth-order valence-electron chi connectivity index (χ4n) is 1.84. The molecule has 0 radical (unpaired) electrons. The van der Waals surface area contributed by atoms with Gasteiger partial charge in [0.25, 0.3) is 0 Å². The van der Waals surface area contributed by atoms with Gasteiger partial charge in [0, 0.05) is 25.9 Å². The standard InChI is InChI=1S/C17H19N3S/c1-13-10-11-15(19-12-13)21-17(20(3)4)16(18-2)14-8-6-5-7-9-14/h5-12H,2H2,1,3-4H3/b17-16+. The summed E-state index contributed by atoms with van der Waals surface area (Å²) in [6.45, 7) is 5.76. The van der Waals surface area contributed by atoms with E-state index in [1.54, 1.807) is 11.8 Å². The molecule has 4 heteroatoms. The molecular weight excluding hydrogens is 278 g/mol. The molecule has 0 saturated heterocycles. The Morgan fingerprint density at radius 2 is 1.86 bits per heavy atom. The van der Waals surface area contributed by atoms with E-state index in [9.17, 15) is 0 Å². The average molecular weight is 297 g/mol. The summed E-state index contributed by atoms with van der Waals surface area (Å²) < 4.78 is 0. The number of hydrogen-bond acceptors (Lipinski definition) is 4. The molecule has 1 aromatic carbocycles. The number of pyridine rings is 1. The van der Waals surface area contributed by atoms with Crippen molar-refractivity contribution >= 4 is 24.2 Å². The first-order valence-electron chi connectivity index (χ1n) is 6.66. The molecule has 0 spiro atoms. The Morgan fingerprint density at radius 1 is 1.14 bits per heavy atom. The van der Waals surface area contributed by atoms with Crippen molar-refractivity contribution in [3.8, 4) is 0 Å². The van der Waals surface area contributed by atoms with Gasteiger partial charge in [-0.1, -0.05) is 48.2 Å². The van der Waals surface area contributed by atoms with Gasteiger partial charge in [0.1, 0.15) is 10.1 Å². The fraction of sp³-hybridized carbons (Fsp3) is 0.176. The summed E-state index contributed by atoms with van der Waals surface area (Å²) in [6.07, 6.45) is 1.87. The van der Waals surface area contributed by atoms with E-state index in [4.69, 9.17) is 0 Å². The van der Waals surface area contributed by atoms with Crippen molar-refractivity contribution in [1.29, 1.82) is 0 Å². The maximum absolute atomic E-state index is 4.45. The molecule has 21 heavy (non-hydrogen) atoms. The van der Waals surface area contributed by atoms with Crippen molar-refractivity contribution < 1.29 is 0 Å². The van der Waals surface area contributed by atoms with Crippen LogP contribution in [0.15, 0.2) is 63.7 Å². The third-order valence-corrected chi connectivity index (χ3v) is 4.10. The molecule has 0 N–H and O–H groups in total. The molecule has 0 bridgehead atoms. The lowest BCUT2D eigenvalue weighted by Gasteiger charge is -2.19. The molecule has 3 nitrogen and oxygen atoms in total. The van der Waals surface area contributed by atoms with E-state index in [2.05, 4.69) is 22.8 Å². The van der Waals surface area contributed by atoms with Crippen LogP contribution in [-0.4, -0.2) is 30.7 Å². The molecular formula is C17H19N3S. The highest BCUT2D eigenvalue weighted by Crippen LogP contribution is 2.33. The van der Waals surface area contributed by atoms with Crippen LogP contribution >= 0.6 is 11.8 Å².